The van der Waals surface area contributed by atoms with Crippen LogP contribution in [0, 0.1) is 6.92 Å². The van der Waals surface area contributed by atoms with Gasteiger partial charge < -0.3 is 14.3 Å². The van der Waals surface area contributed by atoms with Gasteiger partial charge in [-0.05, 0) is 43.9 Å². The number of aromatic nitrogens is 1. The summed E-state index contributed by atoms with van der Waals surface area (Å²) < 4.78 is 5.49. The maximum absolute atomic E-state index is 12.8. The smallest absolute Gasteiger partial charge is 0.329 e. The molecule has 0 unspecified atom stereocenters. The Morgan fingerprint density at radius 3 is 2.64 bits per heavy atom. The number of hydrogen-bond acceptors (Lipinski definition) is 6. The molecule has 10 nitrogen and oxygen atoms in total. The minimum atomic E-state index is -0.473. The van der Waals surface area contributed by atoms with Gasteiger partial charge in [-0.2, -0.15) is 0 Å². The first-order chi connectivity index (χ1) is 15.9. The average Bonchev–Trinajstić information content (AvgIpc) is 3.47. The highest BCUT2D eigenvalue weighted by atomic mass is 16.5. The first kappa shape index (κ1) is 21.7. The number of rotatable bonds is 3. The zero-order chi connectivity index (χ0) is 23.1. The third kappa shape index (κ3) is 4.03. The molecule has 0 saturated carbocycles. The van der Waals surface area contributed by atoms with Crippen LogP contribution >= 0.6 is 0 Å². The van der Waals surface area contributed by atoms with E-state index in [2.05, 4.69) is 22.3 Å². The molecule has 1 N–H and O–H groups in total. The lowest BCUT2D eigenvalue weighted by molar-refractivity contribution is -0.120. The zero-order valence-corrected chi connectivity index (χ0v) is 19.2. The molecule has 1 aromatic heterocycles. The summed E-state index contributed by atoms with van der Waals surface area (Å²) in [5.74, 6) is 0.168. The van der Waals surface area contributed by atoms with Gasteiger partial charge in [0.1, 0.15) is 0 Å². The number of hydrogen-bond donors (Lipinski definition) is 1. The van der Waals surface area contributed by atoms with Crippen LogP contribution in [0.2, 0.25) is 0 Å². The third-order valence-corrected chi connectivity index (χ3v) is 7.09. The van der Waals surface area contributed by atoms with Gasteiger partial charge in [-0.15, -0.1) is 0 Å². The highest BCUT2D eigenvalue weighted by Gasteiger charge is 2.32. The topological polar surface area (TPSA) is 102 Å². The van der Waals surface area contributed by atoms with Crippen molar-refractivity contribution >= 4 is 34.8 Å². The number of amides is 5. The van der Waals surface area contributed by atoms with Crippen molar-refractivity contribution < 1.29 is 18.9 Å². The van der Waals surface area contributed by atoms with E-state index in [1.54, 1.807) is 0 Å². The van der Waals surface area contributed by atoms with Crippen LogP contribution in [-0.4, -0.2) is 83.1 Å². The third-order valence-electron chi connectivity index (χ3n) is 7.09. The summed E-state index contributed by atoms with van der Waals surface area (Å²) in [6.45, 7) is 9.20. The number of piperazine rings is 1. The van der Waals surface area contributed by atoms with Crippen molar-refractivity contribution in [3.63, 3.8) is 0 Å². The molecule has 3 saturated heterocycles. The molecular formula is C23H30N6O4. The fourth-order valence-corrected chi connectivity index (χ4v) is 5.07. The van der Waals surface area contributed by atoms with Crippen LogP contribution in [0.15, 0.2) is 16.7 Å². The highest BCUT2D eigenvalue weighted by molar-refractivity contribution is 6.09. The second-order valence-corrected chi connectivity index (χ2v) is 9.23. The van der Waals surface area contributed by atoms with Crippen molar-refractivity contribution in [2.45, 2.75) is 45.7 Å². The Balaban J connectivity index is 1.32. The molecule has 5 rings (SSSR count). The van der Waals surface area contributed by atoms with Crippen LogP contribution in [0.3, 0.4) is 0 Å². The SMILES string of the molecule is Cc1c(CN2CCN(C(=O)N3CCCC3)C[C@H]2C)ccc2onc(N3CCC(=O)NC3=O)c12. The maximum atomic E-state index is 12.8. The monoisotopic (exact) mass is 454 g/mol. The molecular weight excluding hydrogens is 424 g/mol. The molecule has 176 valence electrons. The zero-order valence-electron chi connectivity index (χ0n) is 19.2. The lowest BCUT2D eigenvalue weighted by atomic mass is 10.0. The molecule has 5 amide bonds. The second-order valence-electron chi connectivity index (χ2n) is 9.23. The Bertz CT molecular complexity index is 1090. The minimum absolute atomic E-state index is 0.170. The molecule has 0 bridgehead atoms. The van der Waals surface area contributed by atoms with Crippen molar-refractivity contribution in [1.82, 2.24) is 25.2 Å². The number of nitrogens with one attached hydrogen (secondary N) is 1. The van der Waals surface area contributed by atoms with Gasteiger partial charge in [0, 0.05) is 58.3 Å². The van der Waals surface area contributed by atoms with E-state index in [-0.39, 0.29) is 30.9 Å². The Morgan fingerprint density at radius 1 is 1.12 bits per heavy atom. The predicted octanol–water partition coefficient (Wildman–Crippen LogP) is 2.30. The van der Waals surface area contributed by atoms with Crippen LogP contribution in [0.1, 0.15) is 37.3 Å². The first-order valence-corrected chi connectivity index (χ1v) is 11.7. The molecule has 0 spiro atoms. The quantitative estimate of drug-likeness (QED) is 0.764. The number of anilines is 1. The largest absolute Gasteiger partial charge is 0.354 e. The van der Waals surface area contributed by atoms with Gasteiger partial charge >= 0.3 is 12.1 Å². The number of benzene rings is 1. The highest BCUT2D eigenvalue weighted by Crippen LogP contribution is 2.33. The summed E-state index contributed by atoms with van der Waals surface area (Å²) in [5, 5.41) is 7.28. The summed E-state index contributed by atoms with van der Waals surface area (Å²) in [5.41, 5.74) is 2.76. The summed E-state index contributed by atoms with van der Waals surface area (Å²) in [6.07, 6.45) is 2.43. The van der Waals surface area contributed by atoms with Crippen LogP contribution in [-0.2, 0) is 11.3 Å². The number of urea groups is 2. The number of imide groups is 1. The van der Waals surface area contributed by atoms with Crippen molar-refractivity contribution in [3.05, 3.63) is 23.3 Å². The number of nitrogens with zero attached hydrogens (tertiary/aromatic N) is 5. The van der Waals surface area contributed by atoms with Crippen molar-refractivity contribution in [2.24, 2.45) is 0 Å². The van der Waals surface area contributed by atoms with Crippen LogP contribution in [0.5, 0.6) is 0 Å². The number of carbonyl (C=O) groups is 3. The van der Waals surface area contributed by atoms with Gasteiger partial charge in [0.15, 0.2) is 11.4 Å². The lowest BCUT2D eigenvalue weighted by Gasteiger charge is -2.41. The van der Waals surface area contributed by atoms with E-state index in [1.165, 1.54) is 4.90 Å². The first-order valence-electron chi connectivity index (χ1n) is 11.7. The number of likely N-dealkylation sites (tertiary alicyclic amines) is 1. The van der Waals surface area contributed by atoms with Gasteiger partial charge in [-0.25, -0.2) is 9.59 Å². The molecule has 4 heterocycles. The molecule has 3 fully saturated rings. The fourth-order valence-electron chi connectivity index (χ4n) is 5.07. The Kier molecular flexibility index (Phi) is 5.69. The average molecular weight is 455 g/mol. The summed E-state index contributed by atoms with van der Waals surface area (Å²) in [4.78, 5) is 44.5. The summed E-state index contributed by atoms with van der Waals surface area (Å²) >= 11 is 0. The van der Waals surface area contributed by atoms with Crippen LogP contribution in [0.4, 0.5) is 15.4 Å². The van der Waals surface area contributed by atoms with Gasteiger partial charge in [0.2, 0.25) is 5.91 Å². The number of carbonyl (C=O) groups excluding carboxylic acids is 3. The predicted molar refractivity (Wildman–Crippen MR) is 122 cm³/mol. The van der Waals surface area contributed by atoms with E-state index in [9.17, 15) is 14.4 Å². The van der Waals surface area contributed by atoms with Crippen LogP contribution in [0.25, 0.3) is 11.0 Å². The summed E-state index contributed by atoms with van der Waals surface area (Å²) in [7, 11) is 0. The van der Waals surface area contributed by atoms with Gasteiger partial charge in [0.05, 0.1) is 5.39 Å². The molecule has 0 radical (unpaired) electrons. The summed E-state index contributed by atoms with van der Waals surface area (Å²) in [6, 6.07) is 3.86. The molecule has 1 aromatic carbocycles. The van der Waals surface area contributed by atoms with E-state index >= 15 is 0 Å². The number of fused-ring (bicyclic) bond motifs is 1. The minimum Gasteiger partial charge on any atom is -0.354 e. The lowest BCUT2D eigenvalue weighted by Crippen LogP contribution is -2.55. The molecule has 3 aliphatic heterocycles. The van der Waals surface area contributed by atoms with E-state index in [1.807, 2.05) is 28.9 Å². The second kappa shape index (κ2) is 8.66. The normalized spacial score (nSPS) is 22.4. The molecule has 0 aliphatic carbocycles. The number of aryl methyl sites for hydroxylation is 1. The van der Waals surface area contributed by atoms with Gasteiger partial charge in [-0.3, -0.25) is 19.9 Å². The van der Waals surface area contributed by atoms with E-state index in [0.717, 1.165) is 68.6 Å². The van der Waals surface area contributed by atoms with E-state index in [0.29, 0.717) is 11.4 Å². The van der Waals surface area contributed by atoms with E-state index < -0.39 is 6.03 Å². The van der Waals surface area contributed by atoms with Crippen molar-refractivity contribution in [2.75, 3.05) is 44.2 Å². The maximum Gasteiger partial charge on any atom is 0.329 e. The van der Waals surface area contributed by atoms with Crippen molar-refractivity contribution in [3.8, 4) is 0 Å². The molecule has 33 heavy (non-hydrogen) atoms. The molecule has 2 aromatic rings. The Morgan fingerprint density at radius 2 is 1.91 bits per heavy atom. The Labute approximate surface area is 192 Å². The molecule has 10 heteroatoms. The standard InChI is InChI=1S/C23H30N6O4/c1-15-13-28(23(32)26-8-3-4-9-26)12-11-27(15)14-17-5-6-18-20(16(17)2)21(25-33-18)29-10-7-19(30)24-22(29)31/h5-6,15H,3-4,7-14H2,1-2H3,(H,24,30,31)/t15-/m1/s1. The molecule has 1 atom stereocenters. The van der Waals surface area contributed by atoms with Gasteiger partial charge in [-0.1, -0.05) is 11.2 Å². The Hall–Kier alpha value is -3.14. The molecule has 3 aliphatic rings. The van der Waals surface area contributed by atoms with E-state index in [4.69, 9.17) is 4.52 Å². The van der Waals surface area contributed by atoms with Gasteiger partial charge in [0.25, 0.3) is 0 Å². The van der Waals surface area contributed by atoms with Crippen molar-refractivity contribution in [1.29, 1.82) is 0 Å². The fraction of sp³-hybridized carbons (Fsp3) is 0.565. The van der Waals surface area contributed by atoms with Crippen LogP contribution < -0.4 is 10.2 Å².